The van der Waals surface area contributed by atoms with Gasteiger partial charge in [-0.15, -0.1) is 0 Å². The Morgan fingerprint density at radius 2 is 1.75 bits per heavy atom. The second-order valence-electron chi connectivity index (χ2n) is 5.93. The first-order valence-corrected chi connectivity index (χ1v) is 10.7. The van der Waals surface area contributed by atoms with Gasteiger partial charge in [-0.2, -0.15) is 0 Å². The number of hydrogen-bond donors (Lipinski definition) is 2. The first kappa shape index (κ1) is 20.0. The minimum Gasteiger partial charge on any atom is -0.325 e. The van der Waals surface area contributed by atoms with Crippen molar-refractivity contribution in [1.29, 1.82) is 0 Å². The minimum absolute atomic E-state index is 0.0117. The maximum absolute atomic E-state index is 12.4. The number of nitrogens with zero attached hydrogens (tertiary/aromatic N) is 2. The van der Waals surface area contributed by atoms with Crippen molar-refractivity contribution in [2.75, 3.05) is 5.32 Å². The van der Waals surface area contributed by atoms with Gasteiger partial charge in [0.25, 0.3) is 0 Å². The van der Waals surface area contributed by atoms with Gasteiger partial charge in [-0.3, -0.25) is 4.79 Å². The molecule has 3 N–H and O–H groups in total. The molecule has 0 aliphatic heterocycles. The van der Waals surface area contributed by atoms with E-state index in [1.54, 1.807) is 6.92 Å². The van der Waals surface area contributed by atoms with Gasteiger partial charge in [-0.25, -0.2) is 23.5 Å². The summed E-state index contributed by atoms with van der Waals surface area (Å²) < 4.78 is 22.6. The van der Waals surface area contributed by atoms with E-state index in [0.29, 0.717) is 10.7 Å². The van der Waals surface area contributed by atoms with Crippen molar-refractivity contribution < 1.29 is 13.2 Å². The lowest BCUT2D eigenvalue weighted by atomic mass is 10.1. The Bertz CT molecular complexity index is 1070. The van der Waals surface area contributed by atoms with Crippen molar-refractivity contribution >= 4 is 33.4 Å². The average molecular weight is 415 g/mol. The van der Waals surface area contributed by atoms with Crippen molar-refractivity contribution in [3.63, 3.8) is 0 Å². The normalized spacial score (nSPS) is 12.4. The van der Waals surface area contributed by atoms with E-state index in [0.717, 1.165) is 11.3 Å². The highest BCUT2D eigenvalue weighted by atomic mass is 32.2. The molecule has 1 aromatic heterocycles. The van der Waals surface area contributed by atoms with Crippen molar-refractivity contribution in [3.05, 3.63) is 67.0 Å². The van der Waals surface area contributed by atoms with E-state index < -0.39 is 15.3 Å². The molecular weight excluding hydrogens is 396 g/mol. The smallest absolute Gasteiger partial charge is 0.238 e. The average Bonchev–Trinajstić information content (AvgIpc) is 2.68. The highest BCUT2D eigenvalue weighted by Gasteiger charge is 2.16. The fourth-order valence-electron chi connectivity index (χ4n) is 2.38. The molecule has 7 nitrogen and oxygen atoms in total. The third kappa shape index (κ3) is 5.16. The van der Waals surface area contributed by atoms with Gasteiger partial charge >= 0.3 is 0 Å². The monoisotopic (exact) mass is 414 g/mol. The number of carbonyl (C=O) groups excluding carboxylic acids is 1. The summed E-state index contributed by atoms with van der Waals surface area (Å²) in [6.07, 6.45) is 1.47. The summed E-state index contributed by atoms with van der Waals surface area (Å²) in [7, 11) is -3.76. The van der Waals surface area contributed by atoms with E-state index in [9.17, 15) is 13.2 Å². The molecule has 3 rings (SSSR count). The molecule has 1 atom stereocenters. The Hall–Kier alpha value is -2.75. The first-order valence-electron chi connectivity index (χ1n) is 8.31. The third-order valence-corrected chi connectivity index (χ3v) is 5.79. The first-order chi connectivity index (χ1) is 13.3. The Morgan fingerprint density at radius 3 is 2.39 bits per heavy atom. The number of thioether (sulfide) groups is 1. The molecule has 2 aromatic carbocycles. The topological polar surface area (TPSA) is 115 Å². The molecular formula is C19H18N4O3S2. The highest BCUT2D eigenvalue weighted by Crippen LogP contribution is 2.26. The summed E-state index contributed by atoms with van der Waals surface area (Å²) in [6.45, 7) is 1.77. The predicted molar refractivity (Wildman–Crippen MR) is 109 cm³/mol. The van der Waals surface area contributed by atoms with E-state index in [1.165, 1.54) is 42.4 Å². The molecule has 0 saturated carbocycles. The van der Waals surface area contributed by atoms with Gasteiger partial charge in [0.2, 0.25) is 15.9 Å². The highest BCUT2D eigenvalue weighted by molar-refractivity contribution is 8.00. The molecule has 9 heteroatoms. The van der Waals surface area contributed by atoms with Crippen LogP contribution in [0.2, 0.25) is 0 Å². The lowest BCUT2D eigenvalue weighted by Gasteiger charge is -2.12. The zero-order valence-electron chi connectivity index (χ0n) is 14.9. The molecule has 0 spiro atoms. The van der Waals surface area contributed by atoms with Crippen LogP contribution in [0.1, 0.15) is 6.92 Å². The summed E-state index contributed by atoms with van der Waals surface area (Å²) >= 11 is 1.31. The van der Waals surface area contributed by atoms with Crippen LogP contribution in [0.5, 0.6) is 0 Å². The number of anilines is 1. The van der Waals surface area contributed by atoms with E-state index in [4.69, 9.17) is 5.14 Å². The Balaban J connectivity index is 1.66. The van der Waals surface area contributed by atoms with E-state index in [-0.39, 0.29) is 10.8 Å². The summed E-state index contributed by atoms with van der Waals surface area (Å²) in [4.78, 5) is 20.9. The number of aromatic nitrogens is 2. The van der Waals surface area contributed by atoms with Gasteiger partial charge < -0.3 is 5.32 Å². The van der Waals surface area contributed by atoms with Gasteiger partial charge in [-0.1, -0.05) is 42.1 Å². The molecule has 3 aromatic rings. The van der Waals surface area contributed by atoms with Crippen LogP contribution in [-0.2, 0) is 14.8 Å². The minimum atomic E-state index is -3.76. The number of nitrogens with two attached hydrogens (primary N) is 1. The quantitative estimate of drug-likeness (QED) is 0.473. The van der Waals surface area contributed by atoms with Crippen LogP contribution in [0.4, 0.5) is 5.69 Å². The molecule has 0 saturated heterocycles. The second-order valence-corrected chi connectivity index (χ2v) is 8.85. The van der Waals surface area contributed by atoms with Gasteiger partial charge in [0.1, 0.15) is 11.4 Å². The predicted octanol–water partition coefficient (Wildman–Crippen LogP) is 2.91. The summed E-state index contributed by atoms with van der Waals surface area (Å²) in [5.74, 6) is -0.228. The molecule has 1 amide bonds. The fraction of sp³-hybridized carbons (Fsp3) is 0.105. The molecule has 1 unspecified atom stereocenters. The largest absolute Gasteiger partial charge is 0.325 e. The maximum atomic E-state index is 12.4. The molecule has 0 fully saturated rings. The summed E-state index contributed by atoms with van der Waals surface area (Å²) in [5, 5.41) is 8.08. The van der Waals surface area contributed by atoms with Crippen LogP contribution >= 0.6 is 11.8 Å². The van der Waals surface area contributed by atoms with Crippen molar-refractivity contribution in [2.24, 2.45) is 5.14 Å². The van der Waals surface area contributed by atoms with Crippen LogP contribution in [-0.4, -0.2) is 29.5 Å². The molecule has 0 aliphatic carbocycles. The van der Waals surface area contributed by atoms with Crippen LogP contribution < -0.4 is 10.5 Å². The zero-order valence-corrected chi connectivity index (χ0v) is 16.6. The van der Waals surface area contributed by atoms with Gasteiger partial charge in [0.05, 0.1) is 15.8 Å². The van der Waals surface area contributed by atoms with E-state index >= 15 is 0 Å². The Labute approximate surface area is 167 Å². The maximum Gasteiger partial charge on any atom is 0.238 e. The van der Waals surface area contributed by atoms with Gasteiger partial charge in [0.15, 0.2) is 0 Å². The van der Waals surface area contributed by atoms with Crippen LogP contribution in [0.15, 0.2) is 76.9 Å². The third-order valence-electron chi connectivity index (χ3n) is 3.83. The van der Waals surface area contributed by atoms with Gasteiger partial charge in [-0.05, 0) is 37.3 Å². The SMILES string of the molecule is CC(Sc1cc(-c2ccccc2)ncn1)C(=O)Nc1ccc(S(N)(=O)=O)cc1. The van der Waals surface area contributed by atoms with Crippen molar-refractivity contribution in [2.45, 2.75) is 22.1 Å². The fourth-order valence-corrected chi connectivity index (χ4v) is 3.71. The number of nitrogens with one attached hydrogen (secondary N) is 1. The van der Waals surface area contributed by atoms with Crippen LogP contribution in [0.3, 0.4) is 0 Å². The number of primary sulfonamides is 1. The lowest BCUT2D eigenvalue weighted by Crippen LogP contribution is -2.22. The Kier molecular flexibility index (Phi) is 6.08. The molecule has 1 heterocycles. The number of sulfonamides is 1. The second kappa shape index (κ2) is 8.51. The summed E-state index contributed by atoms with van der Waals surface area (Å²) in [5.41, 5.74) is 2.24. The van der Waals surface area contributed by atoms with Crippen LogP contribution in [0.25, 0.3) is 11.3 Å². The Morgan fingerprint density at radius 1 is 1.07 bits per heavy atom. The van der Waals surface area contributed by atoms with Crippen molar-refractivity contribution in [3.8, 4) is 11.3 Å². The van der Waals surface area contributed by atoms with E-state index in [2.05, 4.69) is 15.3 Å². The molecule has 144 valence electrons. The number of hydrogen-bond acceptors (Lipinski definition) is 6. The number of amides is 1. The van der Waals surface area contributed by atoms with E-state index in [1.807, 2.05) is 36.4 Å². The summed E-state index contributed by atoms with van der Waals surface area (Å²) in [6, 6.07) is 17.2. The number of rotatable bonds is 6. The molecule has 0 radical (unpaired) electrons. The number of benzene rings is 2. The van der Waals surface area contributed by atoms with Gasteiger partial charge in [0, 0.05) is 11.3 Å². The van der Waals surface area contributed by atoms with Crippen LogP contribution in [0, 0.1) is 0 Å². The standard InChI is InChI=1S/C19H18N4O3S2/c1-13(19(24)23-15-7-9-16(10-8-15)28(20,25)26)27-18-11-17(21-12-22-18)14-5-3-2-4-6-14/h2-13H,1H3,(H,23,24)(H2,20,25,26). The molecule has 0 bridgehead atoms. The number of carbonyl (C=O) groups is 1. The molecule has 28 heavy (non-hydrogen) atoms. The zero-order chi connectivity index (χ0) is 20.1. The lowest BCUT2D eigenvalue weighted by molar-refractivity contribution is -0.115. The van der Waals surface area contributed by atoms with Crippen molar-refractivity contribution in [1.82, 2.24) is 9.97 Å². The molecule has 0 aliphatic rings.